The SMILES string of the molecule is N/C(=N/O)c1ccc(CN(NC(=O)C(Cc2ccccc2)NS(=O)(=O)c2ccc3ccccc3c2)C(=O)N2CCCCCC2)cc1. The Balaban J connectivity index is 1.43. The number of sulfonamides is 1. The first-order valence-electron chi connectivity index (χ1n) is 15.2. The molecule has 0 aromatic heterocycles. The molecule has 1 unspecified atom stereocenters. The van der Waals surface area contributed by atoms with Crippen LogP contribution in [-0.4, -0.2) is 60.4 Å². The summed E-state index contributed by atoms with van der Waals surface area (Å²) >= 11 is 0. The molecule has 1 heterocycles. The molecule has 4 aromatic carbocycles. The summed E-state index contributed by atoms with van der Waals surface area (Å²) in [6.45, 7) is 1.11. The molecule has 5 N–H and O–H groups in total. The number of rotatable bonds is 9. The maximum atomic E-state index is 14.0. The Hall–Kier alpha value is -4.94. The number of hydrogen-bond donors (Lipinski definition) is 4. The summed E-state index contributed by atoms with van der Waals surface area (Å²) in [6, 6.07) is 26.4. The fraction of sp³-hybridized carbons (Fsp3) is 0.265. The van der Waals surface area contributed by atoms with Crippen molar-refractivity contribution in [2.24, 2.45) is 10.9 Å². The van der Waals surface area contributed by atoms with Crippen LogP contribution in [0.4, 0.5) is 4.79 Å². The lowest BCUT2D eigenvalue weighted by molar-refractivity contribution is -0.126. The van der Waals surface area contributed by atoms with E-state index in [1.54, 1.807) is 41.3 Å². The van der Waals surface area contributed by atoms with Gasteiger partial charge in [0.2, 0.25) is 10.0 Å². The Morgan fingerprint density at radius 3 is 2.17 bits per heavy atom. The molecule has 46 heavy (non-hydrogen) atoms. The summed E-state index contributed by atoms with van der Waals surface area (Å²) in [6.07, 6.45) is 3.79. The van der Waals surface area contributed by atoms with Gasteiger partial charge >= 0.3 is 6.03 Å². The first-order valence-corrected chi connectivity index (χ1v) is 16.7. The second-order valence-electron chi connectivity index (χ2n) is 11.3. The van der Waals surface area contributed by atoms with Gasteiger partial charge in [0.1, 0.15) is 6.04 Å². The zero-order valence-corrected chi connectivity index (χ0v) is 26.2. The number of carbonyl (C=O) groups is 2. The summed E-state index contributed by atoms with van der Waals surface area (Å²) in [5.41, 5.74) is 10.4. The summed E-state index contributed by atoms with van der Waals surface area (Å²) in [7, 11) is -4.14. The van der Waals surface area contributed by atoms with Crippen molar-refractivity contribution in [1.29, 1.82) is 0 Å². The molecule has 0 bridgehead atoms. The van der Waals surface area contributed by atoms with Gasteiger partial charge in [-0.05, 0) is 53.3 Å². The van der Waals surface area contributed by atoms with E-state index in [0.29, 0.717) is 24.2 Å². The Morgan fingerprint density at radius 1 is 0.848 bits per heavy atom. The summed E-state index contributed by atoms with van der Waals surface area (Å²) in [5, 5.41) is 14.9. The topological polar surface area (TPSA) is 157 Å². The van der Waals surface area contributed by atoms with Crippen molar-refractivity contribution in [2.45, 2.75) is 49.6 Å². The van der Waals surface area contributed by atoms with Crippen LogP contribution in [0.15, 0.2) is 107 Å². The molecule has 4 aromatic rings. The number of hydrogen-bond acceptors (Lipinski definition) is 6. The maximum Gasteiger partial charge on any atom is 0.339 e. The van der Waals surface area contributed by atoms with Crippen molar-refractivity contribution in [3.63, 3.8) is 0 Å². The Labute approximate surface area is 268 Å². The van der Waals surface area contributed by atoms with E-state index in [0.717, 1.165) is 42.0 Å². The number of amidine groups is 1. The molecule has 1 atom stereocenters. The average molecular weight is 643 g/mol. The van der Waals surface area contributed by atoms with Gasteiger partial charge in [-0.15, -0.1) is 0 Å². The van der Waals surface area contributed by atoms with E-state index in [2.05, 4.69) is 15.3 Å². The number of amides is 3. The summed E-state index contributed by atoms with van der Waals surface area (Å²) in [5.74, 6) is -0.732. The lowest BCUT2D eigenvalue weighted by atomic mass is 10.1. The minimum atomic E-state index is -4.14. The van der Waals surface area contributed by atoms with E-state index in [1.807, 2.05) is 54.6 Å². The fourth-order valence-electron chi connectivity index (χ4n) is 5.45. The molecule has 11 nitrogen and oxygen atoms in total. The molecule has 240 valence electrons. The minimum Gasteiger partial charge on any atom is -0.409 e. The van der Waals surface area contributed by atoms with Crippen LogP contribution in [0.1, 0.15) is 42.4 Å². The molecule has 1 fully saturated rings. The van der Waals surface area contributed by atoms with Crippen molar-refractivity contribution in [3.05, 3.63) is 114 Å². The van der Waals surface area contributed by atoms with Crippen molar-refractivity contribution in [3.8, 4) is 0 Å². The largest absolute Gasteiger partial charge is 0.409 e. The van der Waals surface area contributed by atoms with Crippen LogP contribution in [0.3, 0.4) is 0 Å². The predicted octanol–water partition coefficient (Wildman–Crippen LogP) is 4.35. The molecule has 1 aliphatic heterocycles. The van der Waals surface area contributed by atoms with Gasteiger partial charge < -0.3 is 15.8 Å². The highest BCUT2D eigenvalue weighted by molar-refractivity contribution is 7.89. The minimum absolute atomic E-state index is 0.00695. The smallest absolute Gasteiger partial charge is 0.339 e. The van der Waals surface area contributed by atoms with Crippen molar-refractivity contribution < 1.29 is 23.2 Å². The van der Waals surface area contributed by atoms with E-state index in [4.69, 9.17) is 10.9 Å². The quantitative estimate of drug-likeness (QED) is 0.0920. The standard InChI is InChI=1S/C34H38N6O5S/c35-32(37-43)28-16-14-26(15-17-28)24-40(34(42)39-20-8-1-2-9-21-39)36-33(41)31(22-25-10-4-3-5-11-25)38-46(44,45)30-19-18-27-12-6-7-13-29(27)23-30/h3-7,10-19,23,31,38,43H,1-2,8-9,20-22,24H2,(H2,35,37)(H,36,41). The van der Waals surface area contributed by atoms with Crippen LogP contribution in [0.2, 0.25) is 0 Å². The third kappa shape index (κ3) is 8.20. The number of benzene rings is 4. The van der Waals surface area contributed by atoms with Crippen LogP contribution in [0.5, 0.6) is 0 Å². The van der Waals surface area contributed by atoms with Crippen molar-refractivity contribution in [1.82, 2.24) is 20.1 Å². The molecule has 1 saturated heterocycles. The third-order valence-electron chi connectivity index (χ3n) is 7.98. The number of hydrazine groups is 1. The molecule has 0 saturated carbocycles. The molecule has 0 spiro atoms. The van der Waals surface area contributed by atoms with Crippen LogP contribution in [0.25, 0.3) is 10.8 Å². The maximum absolute atomic E-state index is 14.0. The van der Waals surface area contributed by atoms with Gasteiger partial charge in [-0.2, -0.15) is 4.72 Å². The first-order chi connectivity index (χ1) is 22.2. The Morgan fingerprint density at radius 2 is 1.50 bits per heavy atom. The van der Waals surface area contributed by atoms with Gasteiger partial charge in [0.15, 0.2) is 5.84 Å². The number of nitrogens with one attached hydrogen (secondary N) is 2. The van der Waals surface area contributed by atoms with Gasteiger partial charge in [0.25, 0.3) is 5.91 Å². The summed E-state index contributed by atoms with van der Waals surface area (Å²) < 4.78 is 29.9. The number of nitrogens with two attached hydrogens (primary N) is 1. The number of likely N-dealkylation sites (tertiary alicyclic amines) is 1. The number of nitrogens with zero attached hydrogens (tertiary/aromatic N) is 3. The van der Waals surface area contributed by atoms with Gasteiger partial charge in [0.05, 0.1) is 11.4 Å². The van der Waals surface area contributed by atoms with Gasteiger partial charge in [-0.3, -0.25) is 10.2 Å². The number of fused-ring (bicyclic) bond motifs is 1. The van der Waals surface area contributed by atoms with Crippen LogP contribution in [-0.2, 0) is 27.8 Å². The second-order valence-corrected chi connectivity index (χ2v) is 13.0. The molecular formula is C34H38N6O5S. The first kappa shape index (κ1) is 32.5. The van der Waals surface area contributed by atoms with E-state index in [-0.39, 0.29) is 29.7 Å². The lowest BCUT2D eigenvalue weighted by Crippen LogP contribution is -2.57. The number of urea groups is 1. The van der Waals surface area contributed by atoms with Crippen LogP contribution < -0.4 is 15.9 Å². The van der Waals surface area contributed by atoms with Crippen molar-refractivity contribution in [2.75, 3.05) is 13.1 Å². The van der Waals surface area contributed by atoms with E-state index < -0.39 is 22.0 Å². The number of carbonyl (C=O) groups excluding carboxylic acids is 2. The van der Waals surface area contributed by atoms with E-state index in [1.165, 1.54) is 11.1 Å². The Bertz CT molecular complexity index is 1790. The van der Waals surface area contributed by atoms with E-state index in [9.17, 15) is 18.0 Å². The normalized spacial score (nSPS) is 14.8. The molecule has 3 amide bonds. The molecule has 1 aliphatic rings. The van der Waals surface area contributed by atoms with Crippen LogP contribution >= 0.6 is 0 Å². The highest BCUT2D eigenvalue weighted by Crippen LogP contribution is 2.20. The predicted molar refractivity (Wildman–Crippen MR) is 176 cm³/mol. The zero-order valence-electron chi connectivity index (χ0n) is 25.4. The highest BCUT2D eigenvalue weighted by Gasteiger charge is 2.30. The molecule has 0 radical (unpaired) electrons. The third-order valence-corrected chi connectivity index (χ3v) is 9.45. The lowest BCUT2D eigenvalue weighted by Gasteiger charge is -2.31. The van der Waals surface area contributed by atoms with Gasteiger partial charge in [-0.25, -0.2) is 18.2 Å². The van der Waals surface area contributed by atoms with E-state index >= 15 is 0 Å². The zero-order chi connectivity index (χ0) is 32.5. The number of oxime groups is 1. The Kier molecular flexibility index (Phi) is 10.5. The molecule has 12 heteroatoms. The van der Waals surface area contributed by atoms with Crippen LogP contribution in [0, 0.1) is 0 Å². The van der Waals surface area contributed by atoms with Gasteiger partial charge in [-0.1, -0.05) is 103 Å². The summed E-state index contributed by atoms with van der Waals surface area (Å²) in [4.78, 5) is 29.6. The highest BCUT2D eigenvalue weighted by atomic mass is 32.2. The fourth-order valence-corrected chi connectivity index (χ4v) is 6.68. The average Bonchev–Trinajstić information content (AvgIpc) is 3.37. The molecule has 0 aliphatic carbocycles. The monoisotopic (exact) mass is 642 g/mol. The van der Waals surface area contributed by atoms with Crippen molar-refractivity contribution >= 4 is 38.6 Å². The van der Waals surface area contributed by atoms with Gasteiger partial charge in [0, 0.05) is 18.7 Å². The molecule has 5 rings (SSSR count). The molecular weight excluding hydrogens is 604 g/mol. The second kappa shape index (κ2) is 14.9.